The van der Waals surface area contributed by atoms with E-state index in [1.807, 2.05) is 0 Å². The SMILES string of the molecule is C=C(C)C(=O)OCCCCCOCC(C)C. The van der Waals surface area contributed by atoms with Gasteiger partial charge < -0.3 is 9.47 Å². The van der Waals surface area contributed by atoms with Gasteiger partial charge in [-0.25, -0.2) is 4.79 Å². The van der Waals surface area contributed by atoms with Crippen LogP contribution in [-0.4, -0.2) is 25.8 Å². The molecule has 0 aliphatic heterocycles. The molecule has 0 aromatic carbocycles. The molecule has 0 spiro atoms. The van der Waals surface area contributed by atoms with E-state index in [0.29, 0.717) is 18.1 Å². The van der Waals surface area contributed by atoms with Crippen LogP contribution in [0.4, 0.5) is 0 Å². The molecule has 0 radical (unpaired) electrons. The molecule has 0 saturated carbocycles. The first kappa shape index (κ1) is 15.2. The lowest BCUT2D eigenvalue weighted by molar-refractivity contribution is -0.139. The topological polar surface area (TPSA) is 35.5 Å². The molecule has 16 heavy (non-hydrogen) atoms. The van der Waals surface area contributed by atoms with Crippen molar-refractivity contribution in [1.29, 1.82) is 0 Å². The Balaban J connectivity index is 3.16. The van der Waals surface area contributed by atoms with Gasteiger partial charge in [-0.3, -0.25) is 0 Å². The summed E-state index contributed by atoms with van der Waals surface area (Å²) in [6, 6.07) is 0. The Hall–Kier alpha value is -0.830. The molecule has 0 fully saturated rings. The summed E-state index contributed by atoms with van der Waals surface area (Å²) in [4.78, 5) is 11.0. The third-order valence-electron chi connectivity index (χ3n) is 1.97. The van der Waals surface area contributed by atoms with Gasteiger partial charge in [0, 0.05) is 18.8 Å². The van der Waals surface area contributed by atoms with Crippen molar-refractivity contribution >= 4 is 5.97 Å². The summed E-state index contributed by atoms with van der Waals surface area (Å²) < 4.78 is 10.4. The molecule has 0 saturated heterocycles. The molecule has 0 unspecified atom stereocenters. The van der Waals surface area contributed by atoms with Gasteiger partial charge in [-0.15, -0.1) is 0 Å². The number of hydrogen-bond donors (Lipinski definition) is 0. The van der Waals surface area contributed by atoms with Crippen LogP contribution in [0.5, 0.6) is 0 Å². The van der Waals surface area contributed by atoms with E-state index >= 15 is 0 Å². The van der Waals surface area contributed by atoms with Gasteiger partial charge >= 0.3 is 5.97 Å². The van der Waals surface area contributed by atoms with Crippen molar-refractivity contribution in [2.24, 2.45) is 5.92 Å². The fourth-order valence-corrected chi connectivity index (χ4v) is 1.09. The zero-order chi connectivity index (χ0) is 12.4. The van der Waals surface area contributed by atoms with Gasteiger partial charge in [0.15, 0.2) is 0 Å². The van der Waals surface area contributed by atoms with E-state index in [0.717, 1.165) is 32.5 Å². The maximum Gasteiger partial charge on any atom is 0.333 e. The zero-order valence-electron chi connectivity index (χ0n) is 10.8. The van der Waals surface area contributed by atoms with Crippen LogP contribution in [0.25, 0.3) is 0 Å². The maximum atomic E-state index is 11.0. The van der Waals surface area contributed by atoms with Gasteiger partial charge in [-0.05, 0) is 32.1 Å². The largest absolute Gasteiger partial charge is 0.462 e. The number of ether oxygens (including phenoxy) is 2. The van der Waals surface area contributed by atoms with E-state index < -0.39 is 0 Å². The van der Waals surface area contributed by atoms with Crippen molar-refractivity contribution in [2.45, 2.75) is 40.0 Å². The average molecular weight is 228 g/mol. The Labute approximate surface area is 98.8 Å². The Morgan fingerprint density at radius 3 is 2.38 bits per heavy atom. The van der Waals surface area contributed by atoms with Crippen LogP contribution >= 0.6 is 0 Å². The smallest absolute Gasteiger partial charge is 0.333 e. The normalized spacial score (nSPS) is 10.5. The van der Waals surface area contributed by atoms with Crippen LogP contribution < -0.4 is 0 Å². The second-order valence-electron chi connectivity index (χ2n) is 4.45. The van der Waals surface area contributed by atoms with Crippen LogP contribution in [-0.2, 0) is 14.3 Å². The van der Waals surface area contributed by atoms with Crippen molar-refractivity contribution in [3.05, 3.63) is 12.2 Å². The standard InChI is InChI=1S/C13H24O3/c1-11(2)10-15-8-6-5-7-9-16-13(14)12(3)4/h11H,3,5-10H2,1-2,4H3. The van der Waals surface area contributed by atoms with E-state index in [-0.39, 0.29) is 5.97 Å². The summed E-state index contributed by atoms with van der Waals surface area (Å²) >= 11 is 0. The van der Waals surface area contributed by atoms with Crippen LogP contribution in [0.15, 0.2) is 12.2 Å². The Morgan fingerprint density at radius 2 is 1.81 bits per heavy atom. The maximum absolute atomic E-state index is 11.0. The summed E-state index contributed by atoms with van der Waals surface area (Å²) in [5.74, 6) is 0.299. The van der Waals surface area contributed by atoms with Gasteiger partial charge in [0.2, 0.25) is 0 Å². The summed E-state index contributed by atoms with van der Waals surface area (Å²) in [6.45, 7) is 11.5. The van der Waals surface area contributed by atoms with Crippen LogP contribution in [0.2, 0.25) is 0 Å². The number of rotatable bonds is 9. The Bertz CT molecular complexity index is 209. The van der Waals surface area contributed by atoms with Crippen molar-refractivity contribution in [2.75, 3.05) is 19.8 Å². The first-order valence-corrected chi connectivity index (χ1v) is 5.94. The monoisotopic (exact) mass is 228 g/mol. The molecule has 0 bridgehead atoms. The molecule has 0 aliphatic rings. The molecule has 3 nitrogen and oxygen atoms in total. The summed E-state index contributed by atoms with van der Waals surface area (Å²) in [6.07, 6.45) is 2.95. The molecule has 0 N–H and O–H groups in total. The number of esters is 1. The lowest BCUT2D eigenvalue weighted by atomic mass is 10.2. The molecule has 0 atom stereocenters. The van der Waals surface area contributed by atoms with E-state index in [1.165, 1.54) is 0 Å². The van der Waals surface area contributed by atoms with Gasteiger partial charge in [-0.1, -0.05) is 20.4 Å². The van der Waals surface area contributed by atoms with Crippen LogP contribution in [0.3, 0.4) is 0 Å². The van der Waals surface area contributed by atoms with E-state index in [9.17, 15) is 4.79 Å². The van der Waals surface area contributed by atoms with E-state index in [2.05, 4.69) is 20.4 Å². The molecule has 94 valence electrons. The number of carbonyl (C=O) groups excluding carboxylic acids is 1. The summed E-state index contributed by atoms with van der Waals surface area (Å²) in [5.41, 5.74) is 0.459. The Kier molecular flexibility index (Phi) is 8.91. The minimum atomic E-state index is -0.295. The van der Waals surface area contributed by atoms with Crippen molar-refractivity contribution in [3.8, 4) is 0 Å². The molecule has 0 amide bonds. The quantitative estimate of drug-likeness (QED) is 0.346. The highest BCUT2D eigenvalue weighted by Crippen LogP contribution is 2.00. The molecule has 0 aliphatic carbocycles. The van der Waals surface area contributed by atoms with Crippen molar-refractivity contribution in [1.82, 2.24) is 0 Å². The Morgan fingerprint density at radius 1 is 1.19 bits per heavy atom. The van der Waals surface area contributed by atoms with E-state index in [1.54, 1.807) is 6.92 Å². The van der Waals surface area contributed by atoms with Gasteiger partial charge in [0.05, 0.1) is 6.61 Å². The molecular weight excluding hydrogens is 204 g/mol. The predicted molar refractivity (Wildman–Crippen MR) is 65.3 cm³/mol. The van der Waals surface area contributed by atoms with Gasteiger partial charge in [-0.2, -0.15) is 0 Å². The number of hydrogen-bond acceptors (Lipinski definition) is 3. The van der Waals surface area contributed by atoms with Crippen LogP contribution in [0.1, 0.15) is 40.0 Å². The van der Waals surface area contributed by atoms with Crippen molar-refractivity contribution < 1.29 is 14.3 Å². The summed E-state index contributed by atoms with van der Waals surface area (Å²) in [5, 5.41) is 0. The third-order valence-corrected chi connectivity index (χ3v) is 1.97. The van der Waals surface area contributed by atoms with Crippen molar-refractivity contribution in [3.63, 3.8) is 0 Å². The lowest BCUT2D eigenvalue weighted by Gasteiger charge is -2.07. The van der Waals surface area contributed by atoms with Gasteiger partial charge in [0.25, 0.3) is 0 Å². The highest BCUT2D eigenvalue weighted by Gasteiger charge is 2.01. The predicted octanol–water partition coefficient (Wildman–Crippen LogP) is 2.95. The number of carbonyl (C=O) groups is 1. The second kappa shape index (κ2) is 9.40. The molecule has 0 aromatic heterocycles. The summed E-state index contributed by atoms with van der Waals surface area (Å²) in [7, 11) is 0. The first-order chi connectivity index (χ1) is 7.54. The highest BCUT2D eigenvalue weighted by atomic mass is 16.5. The molecular formula is C13H24O3. The minimum Gasteiger partial charge on any atom is -0.462 e. The minimum absolute atomic E-state index is 0.295. The fourth-order valence-electron chi connectivity index (χ4n) is 1.09. The van der Waals surface area contributed by atoms with Gasteiger partial charge in [0.1, 0.15) is 0 Å². The number of unbranched alkanes of at least 4 members (excludes halogenated alkanes) is 2. The molecule has 3 heteroatoms. The second-order valence-corrected chi connectivity index (χ2v) is 4.45. The lowest BCUT2D eigenvalue weighted by Crippen LogP contribution is -2.07. The van der Waals surface area contributed by atoms with Crippen LogP contribution in [0, 0.1) is 5.92 Å². The average Bonchev–Trinajstić information content (AvgIpc) is 2.21. The van der Waals surface area contributed by atoms with E-state index in [4.69, 9.17) is 9.47 Å². The molecule has 0 rings (SSSR count). The first-order valence-electron chi connectivity index (χ1n) is 5.94. The third kappa shape index (κ3) is 9.71. The molecule has 0 heterocycles. The molecule has 0 aromatic rings. The fraction of sp³-hybridized carbons (Fsp3) is 0.769. The highest BCUT2D eigenvalue weighted by molar-refractivity contribution is 5.86. The zero-order valence-corrected chi connectivity index (χ0v) is 10.8.